The van der Waals surface area contributed by atoms with Crippen LogP contribution in [0, 0.1) is 0 Å². The normalized spacial score (nSPS) is 13.8. The van der Waals surface area contributed by atoms with Crippen molar-refractivity contribution in [1.29, 1.82) is 0 Å². The van der Waals surface area contributed by atoms with Crippen LogP contribution in [0.25, 0.3) is 0 Å². The Kier molecular flexibility index (Phi) is 3.80. The molecule has 0 aliphatic carbocycles. The maximum atomic E-state index is 12.7. The molecule has 0 aliphatic rings. The fourth-order valence-corrected chi connectivity index (χ4v) is 1.29. The lowest BCUT2D eigenvalue weighted by Crippen LogP contribution is -2.57. The van der Waals surface area contributed by atoms with Crippen LogP contribution in [0.1, 0.15) is 10.4 Å². The average molecular weight is 241 g/mol. The molecule has 92 valence electrons. The number of aliphatic carboxylic acids is 1. The minimum atomic E-state index is -2.57. The number of ketones is 1. The molecule has 5 nitrogen and oxygen atoms in total. The second kappa shape index (κ2) is 4.92. The lowest BCUT2D eigenvalue weighted by molar-refractivity contribution is -0.141. The maximum absolute atomic E-state index is 12.7. The summed E-state index contributed by atoms with van der Waals surface area (Å²) in [6, 6.07) is 5.91. The number of para-hydroxylation sites is 1. The summed E-state index contributed by atoms with van der Waals surface area (Å²) in [6.07, 6.45) is 0. The number of rotatable bonds is 5. The monoisotopic (exact) mass is 241 g/mol. The van der Waals surface area contributed by atoms with Gasteiger partial charge in [-0.15, -0.1) is 0 Å². The van der Waals surface area contributed by atoms with Gasteiger partial charge >= 0.3 is 5.97 Å². The first kappa shape index (κ1) is 13.1. The Balaban J connectivity index is 3.24. The molecule has 1 aromatic carbocycles. The summed E-state index contributed by atoms with van der Waals surface area (Å²) < 4.78 is 17.6. The number of Topliss-reactive ketones (excluding diaryl/α,β-unsaturated/α-hetero) is 1. The van der Waals surface area contributed by atoms with E-state index < -0.39 is 24.0 Å². The average Bonchev–Trinajstić information content (AvgIpc) is 2.36. The van der Waals surface area contributed by atoms with Crippen LogP contribution < -0.4 is 10.5 Å². The number of alkyl halides is 1. The van der Waals surface area contributed by atoms with E-state index in [1.165, 1.54) is 25.3 Å². The van der Waals surface area contributed by atoms with Crippen molar-refractivity contribution in [2.24, 2.45) is 5.73 Å². The molecule has 0 aliphatic heterocycles. The fourth-order valence-electron chi connectivity index (χ4n) is 1.29. The quantitative estimate of drug-likeness (QED) is 0.583. The van der Waals surface area contributed by atoms with Gasteiger partial charge in [0.05, 0.1) is 12.7 Å². The molecule has 0 saturated heterocycles. The van der Waals surface area contributed by atoms with Gasteiger partial charge in [0, 0.05) is 0 Å². The molecular formula is C11H12FNO4. The smallest absolute Gasteiger partial charge is 0.334 e. The van der Waals surface area contributed by atoms with Crippen molar-refractivity contribution < 1.29 is 23.8 Å². The van der Waals surface area contributed by atoms with Crippen LogP contribution in [0.2, 0.25) is 0 Å². The summed E-state index contributed by atoms with van der Waals surface area (Å²) in [7, 11) is 1.32. The molecular weight excluding hydrogens is 229 g/mol. The highest BCUT2D eigenvalue weighted by Crippen LogP contribution is 2.22. The van der Waals surface area contributed by atoms with Gasteiger partial charge < -0.3 is 15.6 Å². The van der Waals surface area contributed by atoms with E-state index in [-0.39, 0.29) is 11.3 Å². The van der Waals surface area contributed by atoms with E-state index in [0.717, 1.165) is 0 Å². The summed E-state index contributed by atoms with van der Waals surface area (Å²) in [5.41, 5.74) is 2.63. The second-order valence-corrected chi connectivity index (χ2v) is 3.44. The number of carbonyl (C=O) groups is 2. The molecule has 1 atom stereocenters. The van der Waals surface area contributed by atoms with E-state index in [9.17, 15) is 14.0 Å². The van der Waals surface area contributed by atoms with Gasteiger partial charge in [0.1, 0.15) is 12.4 Å². The van der Waals surface area contributed by atoms with Crippen LogP contribution in [-0.2, 0) is 4.79 Å². The molecule has 1 aromatic rings. The van der Waals surface area contributed by atoms with E-state index in [1.807, 2.05) is 0 Å². The molecule has 0 amide bonds. The highest BCUT2D eigenvalue weighted by atomic mass is 19.1. The topological polar surface area (TPSA) is 89.6 Å². The molecule has 1 unspecified atom stereocenters. The third-order valence-corrected chi connectivity index (χ3v) is 2.35. The molecule has 0 fully saturated rings. The number of hydrogen-bond acceptors (Lipinski definition) is 4. The van der Waals surface area contributed by atoms with E-state index in [4.69, 9.17) is 15.6 Å². The van der Waals surface area contributed by atoms with Gasteiger partial charge in [-0.3, -0.25) is 4.79 Å². The van der Waals surface area contributed by atoms with E-state index >= 15 is 0 Å². The first-order valence-corrected chi connectivity index (χ1v) is 4.73. The van der Waals surface area contributed by atoms with Crippen molar-refractivity contribution in [2.45, 2.75) is 5.54 Å². The summed E-state index contributed by atoms with van der Waals surface area (Å²) >= 11 is 0. The number of nitrogens with two attached hydrogens (primary N) is 1. The number of carboxylic acids is 1. The van der Waals surface area contributed by atoms with Gasteiger partial charge in [0.15, 0.2) is 0 Å². The lowest BCUT2D eigenvalue weighted by atomic mass is 9.91. The molecule has 0 saturated carbocycles. The van der Waals surface area contributed by atoms with Crippen LogP contribution in [0.15, 0.2) is 24.3 Å². The zero-order valence-corrected chi connectivity index (χ0v) is 9.14. The predicted molar refractivity (Wildman–Crippen MR) is 57.9 cm³/mol. The second-order valence-electron chi connectivity index (χ2n) is 3.44. The van der Waals surface area contributed by atoms with Gasteiger partial charge in [-0.1, -0.05) is 12.1 Å². The number of hydrogen-bond donors (Lipinski definition) is 2. The Morgan fingerprint density at radius 3 is 2.53 bits per heavy atom. The number of methoxy groups -OCH3 is 1. The number of ether oxygens (including phenoxy) is 1. The molecule has 0 bridgehead atoms. The van der Waals surface area contributed by atoms with E-state index in [2.05, 4.69) is 0 Å². The Bertz CT molecular complexity index is 449. The Morgan fingerprint density at radius 1 is 1.47 bits per heavy atom. The van der Waals surface area contributed by atoms with E-state index in [0.29, 0.717) is 0 Å². The van der Waals surface area contributed by atoms with Gasteiger partial charge in [0.25, 0.3) is 0 Å². The molecule has 0 spiro atoms. The Labute approximate surface area is 97.0 Å². The molecule has 0 aromatic heterocycles. The fraction of sp³-hybridized carbons (Fsp3) is 0.273. The van der Waals surface area contributed by atoms with E-state index in [1.54, 1.807) is 6.07 Å². The van der Waals surface area contributed by atoms with Crippen LogP contribution >= 0.6 is 0 Å². The largest absolute Gasteiger partial charge is 0.496 e. The van der Waals surface area contributed by atoms with Crippen LogP contribution in [0.3, 0.4) is 0 Å². The third kappa shape index (κ3) is 2.26. The van der Waals surface area contributed by atoms with Gasteiger partial charge in [0.2, 0.25) is 11.3 Å². The molecule has 0 heterocycles. The van der Waals surface area contributed by atoms with Gasteiger partial charge in [-0.2, -0.15) is 0 Å². The number of halogens is 1. The van der Waals surface area contributed by atoms with Crippen molar-refractivity contribution in [3.63, 3.8) is 0 Å². The zero-order valence-electron chi connectivity index (χ0n) is 9.14. The summed E-state index contributed by atoms with van der Waals surface area (Å²) in [4.78, 5) is 22.7. The number of carboxylic acid groups (broad SMARTS) is 1. The Morgan fingerprint density at radius 2 is 2.06 bits per heavy atom. The van der Waals surface area contributed by atoms with Crippen molar-refractivity contribution in [2.75, 3.05) is 13.8 Å². The zero-order chi connectivity index (χ0) is 13.1. The number of benzene rings is 1. The molecule has 0 radical (unpaired) electrons. The van der Waals surface area contributed by atoms with Crippen molar-refractivity contribution in [3.05, 3.63) is 29.8 Å². The van der Waals surface area contributed by atoms with Crippen molar-refractivity contribution >= 4 is 11.8 Å². The Hall–Kier alpha value is -1.95. The maximum Gasteiger partial charge on any atom is 0.334 e. The molecule has 1 rings (SSSR count). The summed E-state index contributed by atoms with van der Waals surface area (Å²) in [5.74, 6) is -2.58. The lowest BCUT2D eigenvalue weighted by Gasteiger charge is -2.20. The van der Waals surface area contributed by atoms with Crippen LogP contribution in [0.4, 0.5) is 4.39 Å². The third-order valence-electron chi connectivity index (χ3n) is 2.35. The minimum Gasteiger partial charge on any atom is -0.496 e. The van der Waals surface area contributed by atoms with Gasteiger partial charge in [-0.05, 0) is 12.1 Å². The highest BCUT2D eigenvalue weighted by Gasteiger charge is 2.44. The van der Waals surface area contributed by atoms with Crippen molar-refractivity contribution in [1.82, 2.24) is 0 Å². The van der Waals surface area contributed by atoms with Gasteiger partial charge in [-0.25, -0.2) is 9.18 Å². The molecule has 3 N–H and O–H groups in total. The van der Waals surface area contributed by atoms with Crippen LogP contribution in [-0.4, -0.2) is 36.2 Å². The molecule has 17 heavy (non-hydrogen) atoms. The standard InChI is InChI=1S/C11H12FNO4/c1-17-8-5-3-2-4-7(8)9(14)11(13,6-12)10(15)16/h2-5H,6,13H2,1H3,(H,15,16). The number of carbonyl (C=O) groups excluding carboxylic acids is 1. The first-order chi connectivity index (χ1) is 7.97. The van der Waals surface area contributed by atoms with Crippen molar-refractivity contribution in [3.8, 4) is 5.75 Å². The highest BCUT2D eigenvalue weighted by molar-refractivity contribution is 6.17. The summed E-state index contributed by atoms with van der Waals surface area (Å²) in [6.45, 7) is -1.49. The minimum absolute atomic E-state index is 0.0578. The molecule has 6 heteroatoms. The summed E-state index contributed by atoms with van der Waals surface area (Å²) in [5, 5.41) is 8.80. The SMILES string of the molecule is COc1ccccc1C(=O)C(N)(CF)C(=O)O. The van der Waals surface area contributed by atoms with Crippen LogP contribution in [0.5, 0.6) is 5.75 Å². The first-order valence-electron chi connectivity index (χ1n) is 4.73. The predicted octanol–water partition coefficient (Wildman–Crippen LogP) is 0.629.